The fraction of sp³-hybridized carbons (Fsp3) is 0.667. The summed E-state index contributed by atoms with van der Waals surface area (Å²) < 4.78 is 4.58. The maximum absolute atomic E-state index is 10.5. The monoisotopic (exact) mass is 431 g/mol. The normalized spacial score (nSPS) is 13.0. The van der Waals surface area contributed by atoms with Crippen LogP contribution in [0.25, 0.3) is 0 Å². The number of alkyl halides is 2. The summed E-state index contributed by atoms with van der Waals surface area (Å²) in [6.07, 6.45) is 0. The van der Waals surface area contributed by atoms with Crippen molar-refractivity contribution in [3.63, 3.8) is 0 Å². The van der Waals surface area contributed by atoms with Gasteiger partial charge in [-0.2, -0.15) is 0 Å². The molecule has 0 aliphatic rings. The molecule has 0 aliphatic heterocycles. The molecule has 0 aromatic rings. The van der Waals surface area contributed by atoms with Gasteiger partial charge in [0.15, 0.2) is 0 Å². The van der Waals surface area contributed by atoms with Crippen molar-refractivity contribution >= 4 is 37.8 Å². The van der Waals surface area contributed by atoms with Crippen LogP contribution in [-0.2, 0) is 34.0 Å². The van der Waals surface area contributed by atoms with Crippen molar-refractivity contribution in [3.05, 3.63) is 0 Å². The summed E-state index contributed by atoms with van der Waals surface area (Å²) in [6.45, 7) is 0. The van der Waals surface area contributed by atoms with Gasteiger partial charge in [-0.05, 0) is 0 Å². The summed E-state index contributed by atoms with van der Waals surface area (Å²) in [5, 5.41) is 0.614. The first kappa shape index (κ1) is 9.37. The van der Waals surface area contributed by atoms with E-state index in [1.165, 1.54) is 0 Å². The fourth-order valence-corrected chi connectivity index (χ4v) is 2.28. The van der Waals surface area contributed by atoms with Gasteiger partial charge in [0.2, 0.25) is 0 Å². The molecule has 0 N–H and O–H groups in total. The molecule has 0 amide bonds. The molecular weight excluding hydrogens is 428 g/mol. The van der Waals surface area contributed by atoms with E-state index in [0.29, 0.717) is 5.33 Å². The Kier molecular flexibility index (Phi) is 6.06. The van der Waals surface area contributed by atoms with Gasteiger partial charge in [0, 0.05) is 0 Å². The molecule has 0 aromatic carbocycles. The first-order valence-corrected chi connectivity index (χ1v) is 6.16. The van der Waals surface area contributed by atoms with Crippen LogP contribution in [0.5, 0.6) is 0 Å². The van der Waals surface area contributed by atoms with Crippen molar-refractivity contribution in [1.82, 2.24) is 0 Å². The Morgan fingerprint density at radius 1 is 1.88 bits per heavy atom. The zero-order valence-corrected chi connectivity index (χ0v) is 12.7. The second kappa shape index (κ2) is 5.17. The molecule has 0 radical (unpaired) electrons. The number of carbonyl (C=O) groups is 1. The van der Waals surface area contributed by atoms with E-state index in [-0.39, 0.29) is 37.4 Å². The zero-order valence-electron chi connectivity index (χ0n) is 4.06. The van der Waals surface area contributed by atoms with Gasteiger partial charge in [-0.15, -0.1) is 0 Å². The molecule has 0 heterocycles. The molecule has 2 nitrogen and oxygen atoms in total. The minimum absolute atomic E-state index is 0.121. The van der Waals surface area contributed by atoms with Gasteiger partial charge in [-0.1, -0.05) is 0 Å². The molecular formula is C3H3Br2HgO2. The summed E-state index contributed by atoms with van der Waals surface area (Å²) in [5.41, 5.74) is 0. The molecule has 1 atom stereocenters. The van der Waals surface area contributed by atoms with Gasteiger partial charge in [-0.25, -0.2) is 0 Å². The van der Waals surface area contributed by atoms with E-state index >= 15 is 0 Å². The number of carbonyl (C=O) groups excluding carboxylic acids is 1. The Balaban J connectivity index is 3.46. The Morgan fingerprint density at radius 3 is 2.50 bits per heavy atom. The van der Waals surface area contributed by atoms with Gasteiger partial charge >= 0.3 is 82.0 Å². The summed E-state index contributed by atoms with van der Waals surface area (Å²) in [5.74, 6) is -0.162. The fourth-order valence-electron chi connectivity index (χ4n) is 0.153. The number of hydrogen-bond acceptors (Lipinski definition) is 2. The second-order valence-corrected chi connectivity index (χ2v) is 3.96. The predicted molar refractivity (Wildman–Crippen MR) is 32.6 cm³/mol. The van der Waals surface area contributed by atoms with Crippen molar-refractivity contribution in [3.8, 4) is 0 Å². The number of halogens is 2. The van der Waals surface area contributed by atoms with E-state index in [9.17, 15) is 4.79 Å². The van der Waals surface area contributed by atoms with Crippen LogP contribution in [0.4, 0.5) is 0 Å². The van der Waals surface area contributed by atoms with E-state index in [1.54, 1.807) is 0 Å². The standard InChI is InChI=1S/C3H4Br2O2.Hg/c4-1-2(5)3(6)7;/h2H,1H2,(H,6,7);/q;+1/p-1. The Morgan fingerprint density at radius 2 is 2.38 bits per heavy atom. The maximum atomic E-state index is 10.5. The zero-order chi connectivity index (χ0) is 6.57. The van der Waals surface area contributed by atoms with Crippen LogP contribution >= 0.6 is 31.9 Å². The molecule has 5 heteroatoms. The first-order chi connectivity index (χ1) is 3.72. The van der Waals surface area contributed by atoms with Crippen LogP contribution in [0.3, 0.4) is 0 Å². The van der Waals surface area contributed by atoms with E-state index in [2.05, 4.69) is 34.5 Å². The van der Waals surface area contributed by atoms with Crippen LogP contribution in [0, 0.1) is 0 Å². The van der Waals surface area contributed by atoms with Gasteiger partial charge in [0.05, 0.1) is 0 Å². The molecule has 8 heavy (non-hydrogen) atoms. The van der Waals surface area contributed by atoms with Crippen LogP contribution < -0.4 is 0 Å². The second-order valence-electron chi connectivity index (χ2n) is 1.09. The predicted octanol–water partition coefficient (Wildman–Crippen LogP) is 1.15. The van der Waals surface area contributed by atoms with Crippen LogP contribution in [0.1, 0.15) is 0 Å². The van der Waals surface area contributed by atoms with Crippen molar-refractivity contribution < 1.29 is 34.0 Å². The van der Waals surface area contributed by atoms with Gasteiger partial charge in [-0.3, -0.25) is 0 Å². The minimum atomic E-state index is -0.167. The van der Waals surface area contributed by atoms with E-state index in [1.807, 2.05) is 0 Å². The third kappa shape index (κ3) is 3.40. The van der Waals surface area contributed by atoms with Crippen molar-refractivity contribution in [1.29, 1.82) is 0 Å². The molecule has 0 saturated carbocycles. The molecule has 0 aromatic heterocycles. The third-order valence-corrected chi connectivity index (χ3v) is 3.85. The summed E-state index contributed by atoms with van der Waals surface area (Å²) in [6, 6.07) is 0. The summed E-state index contributed by atoms with van der Waals surface area (Å²) in [4.78, 5) is 10.3. The Bertz CT molecular complexity index is 87.4. The van der Waals surface area contributed by atoms with Crippen LogP contribution in [-0.4, -0.2) is 16.1 Å². The quantitative estimate of drug-likeness (QED) is 0.485. The van der Waals surface area contributed by atoms with E-state index < -0.39 is 0 Å². The first-order valence-electron chi connectivity index (χ1n) is 1.88. The van der Waals surface area contributed by atoms with E-state index in [4.69, 9.17) is 0 Å². The SMILES string of the molecule is O=C([O][Hg])C(Br)CBr. The molecule has 1 unspecified atom stereocenters. The van der Waals surface area contributed by atoms with Crippen molar-refractivity contribution in [2.24, 2.45) is 0 Å². The molecule has 0 spiro atoms. The Hall–Kier alpha value is 1.37. The molecule has 0 aliphatic carbocycles. The summed E-state index contributed by atoms with van der Waals surface area (Å²) >= 11 is 6.36. The average molecular weight is 431 g/mol. The average Bonchev–Trinajstić information content (AvgIpc) is 1.84. The molecule has 0 rings (SSSR count). The van der Waals surface area contributed by atoms with Gasteiger partial charge < -0.3 is 0 Å². The molecule has 0 bridgehead atoms. The van der Waals surface area contributed by atoms with Crippen molar-refractivity contribution in [2.75, 3.05) is 5.33 Å². The number of hydrogen-bond donors (Lipinski definition) is 0. The van der Waals surface area contributed by atoms with Gasteiger partial charge in [0.25, 0.3) is 0 Å². The molecule has 0 fully saturated rings. The molecule has 0 saturated heterocycles. The summed E-state index contributed by atoms with van der Waals surface area (Å²) in [7, 11) is 0. The van der Waals surface area contributed by atoms with Crippen molar-refractivity contribution in [2.45, 2.75) is 4.83 Å². The van der Waals surface area contributed by atoms with E-state index in [0.717, 1.165) is 0 Å². The van der Waals surface area contributed by atoms with Gasteiger partial charge in [0.1, 0.15) is 0 Å². The third-order valence-electron chi connectivity index (χ3n) is 0.533. The molecule has 43 valence electrons. The topological polar surface area (TPSA) is 26.3 Å². The Labute approximate surface area is 81.2 Å². The number of rotatable bonds is 2. The van der Waals surface area contributed by atoms with Crippen LogP contribution in [0.2, 0.25) is 0 Å². The van der Waals surface area contributed by atoms with Crippen LogP contribution in [0.15, 0.2) is 0 Å².